The number of thioether (sulfide) groups is 1. The van der Waals surface area contributed by atoms with Gasteiger partial charge in [0.15, 0.2) is 0 Å². The van der Waals surface area contributed by atoms with Crippen LogP contribution in [-0.2, 0) is 4.79 Å². The number of nitrogens with zero attached hydrogens (tertiary/aromatic N) is 2. The maximum atomic E-state index is 12.4. The Morgan fingerprint density at radius 3 is 2.91 bits per heavy atom. The smallest absolute Gasteiger partial charge is 0.272 e. The van der Waals surface area contributed by atoms with E-state index in [9.17, 15) is 4.79 Å². The minimum absolute atomic E-state index is 0.213. The second kappa shape index (κ2) is 7.34. The minimum Gasteiger partial charge on any atom is -0.470 e. The second-order valence-electron chi connectivity index (χ2n) is 5.42. The van der Waals surface area contributed by atoms with Crippen LogP contribution in [0.4, 0.5) is 0 Å². The van der Waals surface area contributed by atoms with Crippen molar-refractivity contribution in [2.75, 3.05) is 6.26 Å². The Labute approximate surface area is 140 Å². The third-order valence-corrected chi connectivity index (χ3v) is 3.76. The molecule has 0 spiro atoms. The second-order valence-corrected chi connectivity index (χ2v) is 6.32. The summed E-state index contributed by atoms with van der Waals surface area (Å²) in [5, 5.41) is 3.75. The van der Waals surface area contributed by atoms with Crippen LogP contribution in [0.5, 0.6) is 5.75 Å². The number of hydrogen-bond donors (Lipinski definition) is 1. The van der Waals surface area contributed by atoms with E-state index in [1.165, 1.54) is 18.1 Å². The number of nitrogens with one attached hydrogen (secondary N) is 1. The Bertz CT molecular complexity index is 765. The van der Waals surface area contributed by atoms with E-state index < -0.39 is 11.0 Å². The molecule has 1 aromatic heterocycles. The lowest BCUT2D eigenvalue weighted by Crippen LogP contribution is -2.47. The Kier molecular flexibility index (Phi) is 5.45. The van der Waals surface area contributed by atoms with E-state index >= 15 is 0 Å². The summed E-state index contributed by atoms with van der Waals surface area (Å²) in [5.41, 5.74) is -0.424. The van der Waals surface area contributed by atoms with Crippen LogP contribution in [0.1, 0.15) is 20.8 Å². The molecule has 6 heteroatoms. The molecule has 0 bridgehead atoms. The zero-order valence-corrected chi connectivity index (χ0v) is 14.4. The maximum absolute atomic E-state index is 12.4. The Morgan fingerprint density at radius 2 is 2.22 bits per heavy atom. The van der Waals surface area contributed by atoms with Gasteiger partial charge < -0.3 is 10.1 Å². The van der Waals surface area contributed by atoms with E-state index in [1.807, 2.05) is 32.2 Å². The van der Waals surface area contributed by atoms with Crippen LogP contribution in [0.3, 0.4) is 0 Å². The molecule has 120 valence electrons. The highest BCUT2D eigenvalue weighted by molar-refractivity contribution is 7.99. The van der Waals surface area contributed by atoms with Crippen LogP contribution in [-0.4, -0.2) is 33.1 Å². The van der Waals surface area contributed by atoms with Crippen molar-refractivity contribution in [3.63, 3.8) is 0 Å². The summed E-state index contributed by atoms with van der Waals surface area (Å²) in [6.07, 6.45) is 5.04. The molecule has 23 heavy (non-hydrogen) atoms. The van der Waals surface area contributed by atoms with Crippen molar-refractivity contribution >= 4 is 28.6 Å². The van der Waals surface area contributed by atoms with Gasteiger partial charge in [0.05, 0.1) is 11.1 Å². The number of amides is 1. The first-order valence-corrected chi connectivity index (χ1v) is 8.39. The molecule has 0 aliphatic carbocycles. The van der Waals surface area contributed by atoms with Gasteiger partial charge in [-0.1, -0.05) is 5.92 Å². The van der Waals surface area contributed by atoms with Crippen LogP contribution < -0.4 is 10.1 Å². The Hall–Kier alpha value is -2.26. The normalized spacial score (nSPS) is 12.2. The predicted octanol–water partition coefficient (Wildman–Crippen LogP) is 2.62. The molecule has 0 aliphatic heterocycles. The molecule has 1 heterocycles. The molecule has 2 aromatic rings. The molecule has 1 aromatic carbocycles. The zero-order valence-electron chi connectivity index (χ0n) is 13.6. The van der Waals surface area contributed by atoms with E-state index in [4.69, 9.17) is 4.74 Å². The van der Waals surface area contributed by atoms with Gasteiger partial charge in [0.2, 0.25) is 5.44 Å². The largest absolute Gasteiger partial charge is 0.470 e. The van der Waals surface area contributed by atoms with Crippen LogP contribution >= 0.6 is 11.8 Å². The maximum Gasteiger partial charge on any atom is 0.272 e. The highest BCUT2D eigenvalue weighted by Gasteiger charge is 2.25. The van der Waals surface area contributed by atoms with Crippen molar-refractivity contribution in [1.82, 2.24) is 15.3 Å². The number of aromatic nitrogens is 2. The molecular formula is C17H19N3O2S. The summed E-state index contributed by atoms with van der Waals surface area (Å²) in [5.74, 6) is 6.16. The summed E-state index contributed by atoms with van der Waals surface area (Å²) >= 11 is 1.32. The van der Waals surface area contributed by atoms with Gasteiger partial charge in [-0.2, -0.15) is 0 Å². The Balaban J connectivity index is 2.13. The number of ether oxygens (including phenoxy) is 1. The van der Waals surface area contributed by atoms with Crippen molar-refractivity contribution in [1.29, 1.82) is 0 Å². The predicted molar refractivity (Wildman–Crippen MR) is 93.1 cm³/mol. The highest BCUT2D eigenvalue weighted by Crippen LogP contribution is 2.22. The van der Waals surface area contributed by atoms with Crippen molar-refractivity contribution in [3.8, 4) is 17.6 Å². The quantitative estimate of drug-likeness (QED) is 0.675. The molecule has 0 fully saturated rings. The summed E-state index contributed by atoms with van der Waals surface area (Å²) in [6.45, 7) is 5.45. The van der Waals surface area contributed by atoms with Gasteiger partial charge in [0, 0.05) is 11.6 Å². The van der Waals surface area contributed by atoms with E-state index in [1.54, 1.807) is 19.2 Å². The fourth-order valence-electron chi connectivity index (χ4n) is 2.08. The molecule has 1 atom stereocenters. The van der Waals surface area contributed by atoms with Gasteiger partial charge in [-0.05, 0) is 45.2 Å². The number of rotatable bonds is 5. The topological polar surface area (TPSA) is 64.1 Å². The van der Waals surface area contributed by atoms with Gasteiger partial charge >= 0.3 is 0 Å². The van der Waals surface area contributed by atoms with E-state index in [2.05, 4.69) is 27.1 Å². The highest BCUT2D eigenvalue weighted by atomic mass is 32.2. The number of carbonyl (C=O) groups is 1. The van der Waals surface area contributed by atoms with E-state index in [0.29, 0.717) is 5.75 Å². The summed E-state index contributed by atoms with van der Waals surface area (Å²) in [7, 11) is 0. The van der Waals surface area contributed by atoms with Gasteiger partial charge in [-0.3, -0.25) is 4.79 Å². The molecule has 1 unspecified atom stereocenters. The van der Waals surface area contributed by atoms with Crippen molar-refractivity contribution < 1.29 is 9.53 Å². The Morgan fingerprint density at radius 1 is 1.43 bits per heavy atom. The summed E-state index contributed by atoms with van der Waals surface area (Å²) < 4.78 is 5.80. The summed E-state index contributed by atoms with van der Waals surface area (Å²) in [4.78, 5) is 20.5. The average molecular weight is 329 g/mol. The van der Waals surface area contributed by atoms with Crippen LogP contribution in [0.15, 0.2) is 30.7 Å². The van der Waals surface area contributed by atoms with E-state index in [0.717, 1.165) is 10.9 Å². The van der Waals surface area contributed by atoms with Gasteiger partial charge in [0.25, 0.3) is 5.91 Å². The van der Waals surface area contributed by atoms with E-state index in [-0.39, 0.29) is 5.91 Å². The lowest BCUT2D eigenvalue weighted by Gasteiger charge is -2.24. The number of fused-ring (bicyclic) bond motifs is 1. The first kappa shape index (κ1) is 17.1. The third kappa shape index (κ3) is 4.60. The zero-order chi connectivity index (χ0) is 16.9. The average Bonchev–Trinajstić information content (AvgIpc) is 2.51. The van der Waals surface area contributed by atoms with Gasteiger partial charge in [0.1, 0.15) is 12.1 Å². The number of carbonyl (C=O) groups excluding carboxylic acids is 1. The summed E-state index contributed by atoms with van der Waals surface area (Å²) in [6, 6.07) is 5.46. The molecule has 0 radical (unpaired) electrons. The fourth-order valence-corrected chi connectivity index (χ4v) is 2.56. The molecule has 0 saturated heterocycles. The standard InChI is InChI=1S/C17H19N3O2S/c1-5-8-17(2,3)20-15(21)16(23-4)22-13-6-7-14-12(9-13)10-18-11-19-14/h6-7,9-11,16H,1-4H3,(H,20,21). The van der Waals surface area contributed by atoms with Crippen LogP contribution in [0, 0.1) is 11.8 Å². The molecule has 0 aliphatic rings. The van der Waals surface area contributed by atoms with Crippen LogP contribution in [0.2, 0.25) is 0 Å². The number of benzene rings is 1. The molecule has 1 amide bonds. The first-order chi connectivity index (χ1) is 10.9. The molecule has 1 N–H and O–H groups in total. The molecule has 0 saturated carbocycles. The monoisotopic (exact) mass is 329 g/mol. The van der Waals surface area contributed by atoms with Crippen LogP contribution in [0.25, 0.3) is 10.9 Å². The van der Waals surface area contributed by atoms with Crippen molar-refractivity contribution in [2.24, 2.45) is 0 Å². The van der Waals surface area contributed by atoms with Gasteiger partial charge in [-0.15, -0.1) is 17.7 Å². The lowest BCUT2D eigenvalue weighted by atomic mass is 10.1. The van der Waals surface area contributed by atoms with Crippen molar-refractivity contribution in [3.05, 3.63) is 30.7 Å². The van der Waals surface area contributed by atoms with Gasteiger partial charge in [-0.25, -0.2) is 9.97 Å². The molecule has 2 rings (SSSR count). The first-order valence-electron chi connectivity index (χ1n) is 7.10. The SMILES string of the molecule is CC#CC(C)(C)NC(=O)C(Oc1ccc2ncncc2c1)SC. The fraction of sp³-hybridized carbons (Fsp3) is 0.353. The minimum atomic E-state index is -0.657. The molecular weight excluding hydrogens is 310 g/mol. The third-order valence-electron chi connectivity index (χ3n) is 3.02. The molecule has 5 nitrogen and oxygen atoms in total. The van der Waals surface area contributed by atoms with Crippen molar-refractivity contribution in [2.45, 2.75) is 31.7 Å². The number of hydrogen-bond acceptors (Lipinski definition) is 5. The lowest BCUT2D eigenvalue weighted by molar-refractivity contribution is -0.125.